The number of rotatable bonds is 4. The molecule has 0 saturated carbocycles. The Bertz CT molecular complexity index is 1120. The van der Waals surface area contributed by atoms with E-state index >= 15 is 0 Å². The number of hydrogen-bond acceptors (Lipinski definition) is 4. The van der Waals surface area contributed by atoms with Crippen molar-refractivity contribution in [2.45, 2.75) is 23.8 Å². The maximum Gasteiger partial charge on any atom is 0.257 e. The van der Waals surface area contributed by atoms with Gasteiger partial charge >= 0.3 is 0 Å². The molecule has 4 rings (SSSR count). The molecule has 32 heavy (non-hydrogen) atoms. The van der Waals surface area contributed by atoms with Crippen molar-refractivity contribution in [3.05, 3.63) is 64.9 Å². The topological polar surface area (TPSA) is 78.0 Å². The quantitative estimate of drug-likeness (QED) is 0.675. The van der Waals surface area contributed by atoms with E-state index < -0.39 is 27.8 Å². The number of nitrogens with zero attached hydrogens (tertiary/aromatic N) is 3. The van der Waals surface area contributed by atoms with Crippen LogP contribution in [0, 0.1) is 5.82 Å². The van der Waals surface area contributed by atoms with Crippen LogP contribution < -0.4 is 0 Å². The number of benzene rings is 2. The molecule has 0 N–H and O–H groups in total. The third-order valence-corrected chi connectivity index (χ3v) is 8.03. The van der Waals surface area contributed by atoms with Gasteiger partial charge in [0.1, 0.15) is 11.9 Å². The highest BCUT2D eigenvalue weighted by Gasteiger charge is 2.41. The lowest BCUT2D eigenvalue weighted by molar-refractivity contribution is -0.136. The van der Waals surface area contributed by atoms with E-state index in [0.717, 1.165) is 6.07 Å². The first-order valence-corrected chi connectivity index (χ1v) is 12.2. The van der Waals surface area contributed by atoms with Crippen LogP contribution >= 0.6 is 11.6 Å². The van der Waals surface area contributed by atoms with E-state index in [1.165, 1.54) is 33.5 Å². The summed E-state index contributed by atoms with van der Waals surface area (Å²) in [6.45, 7) is 1.26. The summed E-state index contributed by atoms with van der Waals surface area (Å²) in [6.07, 6.45) is 1.06. The minimum atomic E-state index is -3.77. The smallest absolute Gasteiger partial charge is 0.257 e. The van der Waals surface area contributed by atoms with Gasteiger partial charge in [0.15, 0.2) is 0 Å². The van der Waals surface area contributed by atoms with Gasteiger partial charge in [0.2, 0.25) is 15.9 Å². The largest absolute Gasteiger partial charge is 0.338 e. The van der Waals surface area contributed by atoms with E-state index in [4.69, 9.17) is 11.6 Å². The zero-order chi connectivity index (χ0) is 22.9. The third-order valence-electron chi connectivity index (χ3n) is 5.88. The van der Waals surface area contributed by atoms with Crippen LogP contribution in [0.4, 0.5) is 4.39 Å². The van der Waals surface area contributed by atoms with Gasteiger partial charge in [-0.25, -0.2) is 12.8 Å². The van der Waals surface area contributed by atoms with Crippen LogP contribution in [0.2, 0.25) is 5.02 Å². The summed E-state index contributed by atoms with van der Waals surface area (Å²) in [5.74, 6) is -1.39. The number of amides is 2. The molecule has 2 saturated heterocycles. The van der Waals surface area contributed by atoms with Crippen molar-refractivity contribution in [2.75, 3.05) is 32.7 Å². The molecule has 2 fully saturated rings. The Morgan fingerprint density at radius 3 is 2.28 bits per heavy atom. The first-order valence-electron chi connectivity index (χ1n) is 10.4. The molecule has 1 unspecified atom stereocenters. The monoisotopic (exact) mass is 479 g/mol. The zero-order valence-electron chi connectivity index (χ0n) is 17.3. The molecule has 2 amide bonds. The van der Waals surface area contributed by atoms with E-state index in [1.54, 1.807) is 23.1 Å². The highest BCUT2D eigenvalue weighted by atomic mass is 35.5. The predicted molar refractivity (Wildman–Crippen MR) is 117 cm³/mol. The maximum atomic E-state index is 14.0. The van der Waals surface area contributed by atoms with Gasteiger partial charge < -0.3 is 9.80 Å². The molecule has 0 aromatic heterocycles. The van der Waals surface area contributed by atoms with Crippen molar-refractivity contribution in [3.8, 4) is 0 Å². The molecule has 1 atom stereocenters. The number of halogens is 2. The molecule has 2 aliphatic rings. The number of carbonyl (C=O) groups is 2. The Balaban J connectivity index is 1.43. The SMILES string of the molecule is O=C(c1cc(Cl)ccc1F)N1CCN(C(=O)C2CCCN2S(=O)(=O)c2ccccc2)CC1. The molecule has 2 heterocycles. The van der Waals surface area contributed by atoms with E-state index in [9.17, 15) is 22.4 Å². The Morgan fingerprint density at radius 2 is 1.59 bits per heavy atom. The summed E-state index contributed by atoms with van der Waals surface area (Å²) in [5, 5.41) is 0.268. The highest BCUT2D eigenvalue weighted by Crippen LogP contribution is 2.28. The normalized spacial score (nSPS) is 19.9. The summed E-state index contributed by atoms with van der Waals surface area (Å²) in [7, 11) is -3.77. The van der Waals surface area contributed by atoms with Gasteiger partial charge in [-0.15, -0.1) is 0 Å². The van der Waals surface area contributed by atoms with Crippen molar-refractivity contribution in [3.63, 3.8) is 0 Å². The molecular weight excluding hydrogens is 457 g/mol. The molecule has 2 aromatic rings. The maximum absolute atomic E-state index is 14.0. The second kappa shape index (κ2) is 9.17. The minimum Gasteiger partial charge on any atom is -0.338 e. The van der Waals surface area contributed by atoms with E-state index in [2.05, 4.69) is 0 Å². The standard InChI is InChI=1S/C22H23ClFN3O4S/c23-16-8-9-19(24)18(15-16)21(28)25-11-13-26(14-12-25)22(29)20-7-4-10-27(20)32(30,31)17-5-2-1-3-6-17/h1-3,5-6,8-9,15,20H,4,7,10-14H2. The van der Waals surface area contributed by atoms with Gasteiger partial charge in [-0.1, -0.05) is 29.8 Å². The van der Waals surface area contributed by atoms with Gasteiger partial charge in [-0.3, -0.25) is 9.59 Å². The lowest BCUT2D eigenvalue weighted by Crippen LogP contribution is -2.55. The molecular formula is C22H23ClFN3O4S. The Kier molecular flexibility index (Phi) is 6.50. The fraction of sp³-hybridized carbons (Fsp3) is 0.364. The molecule has 0 bridgehead atoms. The summed E-state index contributed by atoms with van der Waals surface area (Å²) in [6, 6.07) is 11.1. The van der Waals surface area contributed by atoms with E-state index in [0.29, 0.717) is 19.4 Å². The Morgan fingerprint density at radius 1 is 0.938 bits per heavy atom. The second-order valence-electron chi connectivity index (χ2n) is 7.83. The van der Waals surface area contributed by atoms with Gasteiger partial charge in [-0.2, -0.15) is 4.31 Å². The average molecular weight is 480 g/mol. The molecule has 0 radical (unpaired) electrons. The molecule has 2 aliphatic heterocycles. The zero-order valence-corrected chi connectivity index (χ0v) is 18.9. The lowest BCUT2D eigenvalue weighted by Gasteiger charge is -2.37. The van der Waals surface area contributed by atoms with Gasteiger partial charge in [0, 0.05) is 37.7 Å². The minimum absolute atomic E-state index is 0.104. The fourth-order valence-corrected chi connectivity index (χ4v) is 6.02. The first kappa shape index (κ1) is 22.7. The summed E-state index contributed by atoms with van der Waals surface area (Å²) in [5.41, 5.74) is -0.104. The van der Waals surface area contributed by atoms with Crippen molar-refractivity contribution >= 4 is 33.4 Å². The van der Waals surface area contributed by atoms with Crippen LogP contribution in [-0.4, -0.2) is 73.1 Å². The average Bonchev–Trinajstić information content (AvgIpc) is 3.31. The molecule has 0 aliphatic carbocycles. The lowest BCUT2D eigenvalue weighted by atomic mass is 10.1. The fourth-order valence-electron chi connectivity index (χ4n) is 4.17. The van der Waals surface area contributed by atoms with Gasteiger partial charge in [0.05, 0.1) is 10.5 Å². The predicted octanol–water partition coefficient (Wildman–Crippen LogP) is 2.62. The Labute approximate surface area is 191 Å². The first-order chi connectivity index (χ1) is 15.3. The molecule has 10 heteroatoms. The van der Waals surface area contributed by atoms with Crippen molar-refractivity contribution in [1.29, 1.82) is 0 Å². The van der Waals surface area contributed by atoms with Crippen LogP contribution in [0.15, 0.2) is 53.4 Å². The number of carbonyl (C=O) groups excluding carboxylic acids is 2. The third kappa shape index (κ3) is 4.37. The van der Waals surface area contributed by atoms with Crippen molar-refractivity contribution < 1.29 is 22.4 Å². The highest BCUT2D eigenvalue weighted by molar-refractivity contribution is 7.89. The van der Waals surface area contributed by atoms with Crippen LogP contribution in [0.5, 0.6) is 0 Å². The van der Waals surface area contributed by atoms with Gasteiger partial charge in [0.25, 0.3) is 5.91 Å². The number of hydrogen-bond donors (Lipinski definition) is 0. The summed E-state index contributed by atoms with van der Waals surface area (Å²) in [4.78, 5) is 29.1. The van der Waals surface area contributed by atoms with E-state index in [1.807, 2.05) is 0 Å². The number of piperazine rings is 1. The van der Waals surface area contributed by atoms with Crippen LogP contribution in [0.3, 0.4) is 0 Å². The molecule has 7 nitrogen and oxygen atoms in total. The van der Waals surface area contributed by atoms with Crippen molar-refractivity contribution in [1.82, 2.24) is 14.1 Å². The second-order valence-corrected chi connectivity index (χ2v) is 10.2. The molecule has 2 aromatic carbocycles. The van der Waals surface area contributed by atoms with Crippen LogP contribution in [0.1, 0.15) is 23.2 Å². The molecule has 0 spiro atoms. The van der Waals surface area contributed by atoms with E-state index in [-0.39, 0.29) is 47.6 Å². The molecule has 170 valence electrons. The van der Waals surface area contributed by atoms with Crippen molar-refractivity contribution in [2.24, 2.45) is 0 Å². The van der Waals surface area contributed by atoms with Crippen LogP contribution in [0.25, 0.3) is 0 Å². The number of sulfonamides is 1. The van der Waals surface area contributed by atoms with Gasteiger partial charge in [-0.05, 0) is 43.2 Å². The van der Waals surface area contributed by atoms with Crippen LogP contribution in [-0.2, 0) is 14.8 Å². The Hall–Kier alpha value is -2.49. The summed E-state index contributed by atoms with van der Waals surface area (Å²) < 4.78 is 41.4. The summed E-state index contributed by atoms with van der Waals surface area (Å²) >= 11 is 5.89.